The summed E-state index contributed by atoms with van der Waals surface area (Å²) < 4.78 is 30.8. The molecule has 0 unspecified atom stereocenters. The first kappa shape index (κ1) is 18.4. The highest BCUT2D eigenvalue weighted by Gasteiger charge is 2.22. The topological polar surface area (TPSA) is 75.7 Å². The van der Waals surface area contributed by atoms with Crippen LogP contribution in [0.25, 0.3) is 0 Å². The predicted molar refractivity (Wildman–Crippen MR) is 86.3 cm³/mol. The van der Waals surface area contributed by atoms with E-state index in [4.69, 9.17) is 4.74 Å². The van der Waals surface area contributed by atoms with Gasteiger partial charge in [-0.15, -0.1) is 0 Å². The van der Waals surface area contributed by atoms with E-state index in [0.717, 1.165) is 11.8 Å². The third kappa shape index (κ3) is 5.65. The summed E-state index contributed by atoms with van der Waals surface area (Å²) in [6.07, 6.45) is 1.17. The molecule has 0 aliphatic rings. The largest absolute Gasteiger partial charge is 0.497 e. The van der Waals surface area contributed by atoms with Crippen LogP contribution in [0.3, 0.4) is 0 Å². The van der Waals surface area contributed by atoms with Crippen molar-refractivity contribution < 1.29 is 17.9 Å². The maximum atomic E-state index is 12.3. The van der Waals surface area contributed by atoms with Gasteiger partial charge in [0.15, 0.2) is 0 Å². The Kier molecular flexibility index (Phi) is 6.83. The molecule has 22 heavy (non-hydrogen) atoms. The van der Waals surface area contributed by atoms with E-state index in [1.54, 1.807) is 36.3 Å². The second-order valence-corrected chi connectivity index (χ2v) is 6.77. The molecule has 7 heteroatoms. The van der Waals surface area contributed by atoms with Gasteiger partial charge in [0.05, 0.1) is 19.4 Å². The second-order valence-electron chi connectivity index (χ2n) is 4.99. The molecule has 0 saturated carbocycles. The molecule has 0 saturated heterocycles. The Bertz CT molecular complexity index is 580. The molecule has 0 radical (unpaired) electrons. The average molecular weight is 328 g/mol. The molecule has 6 nitrogen and oxygen atoms in total. The fourth-order valence-corrected chi connectivity index (χ4v) is 2.94. The summed E-state index contributed by atoms with van der Waals surface area (Å²) in [6.45, 7) is 4.99. The molecule has 0 aromatic heterocycles. The zero-order valence-corrected chi connectivity index (χ0v) is 14.3. The van der Waals surface area contributed by atoms with Gasteiger partial charge in [-0.3, -0.25) is 4.79 Å². The highest BCUT2D eigenvalue weighted by molar-refractivity contribution is 7.88. The Hall–Kier alpha value is -1.60. The summed E-state index contributed by atoms with van der Waals surface area (Å²) in [5.74, 6) is 0.596. The first-order valence-corrected chi connectivity index (χ1v) is 9.08. The summed E-state index contributed by atoms with van der Waals surface area (Å²) in [5.41, 5.74) is 0.728. The number of methoxy groups -OCH3 is 1. The van der Waals surface area contributed by atoms with Crippen LogP contribution in [0.2, 0.25) is 0 Å². The molecule has 1 aromatic rings. The molecule has 124 valence electrons. The van der Waals surface area contributed by atoms with Crippen molar-refractivity contribution in [3.63, 3.8) is 0 Å². The molecular formula is C15H24N2O4S. The van der Waals surface area contributed by atoms with Crippen LogP contribution in [0.5, 0.6) is 5.75 Å². The van der Waals surface area contributed by atoms with Gasteiger partial charge >= 0.3 is 0 Å². The van der Waals surface area contributed by atoms with Crippen LogP contribution in [-0.4, -0.2) is 45.7 Å². The maximum Gasteiger partial charge on any atom is 0.224 e. The van der Waals surface area contributed by atoms with E-state index in [1.807, 2.05) is 13.8 Å². The van der Waals surface area contributed by atoms with Gasteiger partial charge in [-0.25, -0.2) is 13.1 Å². The maximum absolute atomic E-state index is 12.3. The Labute approximate surface area is 132 Å². The predicted octanol–water partition coefficient (Wildman–Crippen LogP) is 1.54. The molecular weight excluding hydrogens is 304 g/mol. The molecule has 0 heterocycles. The number of hydrogen-bond acceptors (Lipinski definition) is 4. The van der Waals surface area contributed by atoms with E-state index in [9.17, 15) is 13.2 Å². The first-order valence-electron chi connectivity index (χ1n) is 7.19. The van der Waals surface area contributed by atoms with Crippen molar-refractivity contribution >= 4 is 15.9 Å². The lowest BCUT2D eigenvalue weighted by atomic mass is 10.0. The van der Waals surface area contributed by atoms with Crippen LogP contribution in [0, 0.1) is 0 Å². The molecule has 0 fully saturated rings. The molecule has 1 atom stereocenters. The Morgan fingerprint density at radius 3 is 2.18 bits per heavy atom. The van der Waals surface area contributed by atoms with Crippen molar-refractivity contribution in [3.05, 3.63) is 29.8 Å². The molecule has 1 aromatic carbocycles. The van der Waals surface area contributed by atoms with Crippen molar-refractivity contribution in [1.29, 1.82) is 0 Å². The number of carbonyl (C=O) groups excluding carboxylic acids is 1. The van der Waals surface area contributed by atoms with Gasteiger partial charge in [0.2, 0.25) is 15.9 Å². The molecule has 0 aliphatic heterocycles. The smallest absolute Gasteiger partial charge is 0.224 e. The normalized spacial score (nSPS) is 12.7. The van der Waals surface area contributed by atoms with Crippen molar-refractivity contribution in [2.75, 3.05) is 26.5 Å². The lowest BCUT2D eigenvalue weighted by Gasteiger charge is -2.23. The van der Waals surface area contributed by atoms with E-state index in [0.29, 0.717) is 18.8 Å². The van der Waals surface area contributed by atoms with Crippen LogP contribution >= 0.6 is 0 Å². The second kappa shape index (κ2) is 8.14. The zero-order chi connectivity index (χ0) is 16.8. The lowest BCUT2D eigenvalue weighted by Crippen LogP contribution is -2.36. The molecule has 0 aliphatic carbocycles. The van der Waals surface area contributed by atoms with Crippen molar-refractivity contribution in [2.45, 2.75) is 26.3 Å². The number of ether oxygens (including phenoxy) is 1. The fraction of sp³-hybridized carbons (Fsp3) is 0.533. The quantitative estimate of drug-likeness (QED) is 0.785. The molecule has 0 spiro atoms. The van der Waals surface area contributed by atoms with Gasteiger partial charge in [-0.1, -0.05) is 12.1 Å². The van der Waals surface area contributed by atoms with E-state index < -0.39 is 16.1 Å². The number of amides is 1. The van der Waals surface area contributed by atoms with Crippen LogP contribution in [-0.2, 0) is 14.8 Å². The molecule has 1 N–H and O–H groups in total. The number of hydrogen-bond donors (Lipinski definition) is 1. The summed E-state index contributed by atoms with van der Waals surface area (Å²) in [7, 11) is -1.86. The minimum absolute atomic E-state index is 0.0815. The third-order valence-electron chi connectivity index (χ3n) is 3.37. The van der Waals surface area contributed by atoms with E-state index in [1.165, 1.54) is 0 Å². The van der Waals surface area contributed by atoms with Crippen molar-refractivity contribution in [1.82, 2.24) is 9.62 Å². The van der Waals surface area contributed by atoms with E-state index in [2.05, 4.69) is 4.72 Å². The number of rotatable bonds is 8. The average Bonchev–Trinajstić information content (AvgIpc) is 2.46. The van der Waals surface area contributed by atoms with E-state index >= 15 is 0 Å². The monoisotopic (exact) mass is 328 g/mol. The van der Waals surface area contributed by atoms with Gasteiger partial charge in [0.25, 0.3) is 0 Å². The van der Waals surface area contributed by atoms with Gasteiger partial charge < -0.3 is 9.64 Å². The summed E-state index contributed by atoms with van der Waals surface area (Å²) in [4.78, 5) is 13.9. The standard InChI is InChI=1S/C15H24N2O4S/c1-5-17(6-2)15(18)11-14(16-22(4,19)20)12-7-9-13(21-3)10-8-12/h7-10,14,16H,5-6,11H2,1-4H3/t14-/m1/s1. The molecule has 1 amide bonds. The van der Waals surface area contributed by atoms with Crippen molar-refractivity contribution in [3.8, 4) is 5.75 Å². The summed E-state index contributed by atoms with van der Waals surface area (Å²) >= 11 is 0. The highest BCUT2D eigenvalue weighted by atomic mass is 32.2. The number of nitrogens with zero attached hydrogens (tertiary/aromatic N) is 1. The molecule has 0 bridgehead atoms. The minimum atomic E-state index is -3.42. The number of carbonyl (C=O) groups is 1. The SMILES string of the molecule is CCN(CC)C(=O)C[C@@H](NS(C)(=O)=O)c1ccc(OC)cc1. The van der Waals surface area contributed by atoms with Gasteiger partial charge in [-0.05, 0) is 31.5 Å². The Morgan fingerprint density at radius 2 is 1.77 bits per heavy atom. The van der Waals surface area contributed by atoms with Crippen LogP contribution in [0.15, 0.2) is 24.3 Å². The first-order chi connectivity index (χ1) is 10.3. The Morgan fingerprint density at radius 1 is 1.23 bits per heavy atom. The summed E-state index contributed by atoms with van der Waals surface area (Å²) in [5, 5.41) is 0. The Balaban J connectivity index is 2.99. The van der Waals surface area contributed by atoms with Crippen LogP contribution in [0.1, 0.15) is 31.9 Å². The third-order valence-corrected chi connectivity index (χ3v) is 4.08. The van der Waals surface area contributed by atoms with E-state index in [-0.39, 0.29) is 12.3 Å². The number of benzene rings is 1. The fourth-order valence-electron chi connectivity index (χ4n) is 2.20. The van der Waals surface area contributed by atoms with Crippen LogP contribution < -0.4 is 9.46 Å². The molecule has 1 rings (SSSR count). The number of sulfonamides is 1. The van der Waals surface area contributed by atoms with Gasteiger partial charge in [-0.2, -0.15) is 0 Å². The zero-order valence-electron chi connectivity index (χ0n) is 13.5. The minimum Gasteiger partial charge on any atom is -0.497 e. The van der Waals surface area contributed by atoms with Crippen LogP contribution in [0.4, 0.5) is 0 Å². The highest BCUT2D eigenvalue weighted by Crippen LogP contribution is 2.22. The summed E-state index contributed by atoms with van der Waals surface area (Å²) in [6, 6.07) is 6.42. The van der Waals surface area contributed by atoms with Crippen molar-refractivity contribution in [2.24, 2.45) is 0 Å². The lowest BCUT2D eigenvalue weighted by molar-refractivity contribution is -0.131. The number of nitrogens with one attached hydrogen (secondary N) is 1. The van der Waals surface area contributed by atoms with Gasteiger partial charge in [0, 0.05) is 19.5 Å². The van der Waals surface area contributed by atoms with Gasteiger partial charge in [0.1, 0.15) is 5.75 Å².